The van der Waals surface area contributed by atoms with E-state index in [1.807, 2.05) is 24.1 Å². The number of hydrogen-bond donors (Lipinski definition) is 2. The molecule has 0 bridgehead atoms. The minimum Gasteiger partial charge on any atom is -0.378 e. The lowest BCUT2D eigenvalue weighted by molar-refractivity contribution is -0.129. The van der Waals surface area contributed by atoms with E-state index >= 15 is 0 Å². The zero-order valence-electron chi connectivity index (χ0n) is 10.4. The van der Waals surface area contributed by atoms with E-state index in [9.17, 15) is 4.79 Å². The molecular weight excluding hydrogens is 232 g/mol. The molecule has 6 nitrogen and oxygen atoms in total. The molecule has 3 N–H and O–H groups in total. The van der Waals surface area contributed by atoms with Crippen molar-refractivity contribution in [2.75, 3.05) is 32.1 Å². The van der Waals surface area contributed by atoms with Crippen LogP contribution in [-0.2, 0) is 16.1 Å². The molecule has 1 atom stereocenters. The fraction of sp³-hybridized carbons (Fsp3) is 0.500. The van der Waals surface area contributed by atoms with Crippen LogP contribution >= 0.6 is 0 Å². The molecule has 0 aromatic carbocycles. The standard InChI is InChI=1S/C12H18N4O2/c1-14-11-6-9(2-3-15-11)7-16-4-5-18-8-10(16)12(13)17/h2-3,6,10H,4-5,7-8H2,1H3,(H2,13,17)(H,14,15). The zero-order chi connectivity index (χ0) is 13.0. The van der Waals surface area contributed by atoms with E-state index in [4.69, 9.17) is 10.5 Å². The van der Waals surface area contributed by atoms with Crippen molar-refractivity contribution in [2.24, 2.45) is 5.73 Å². The fourth-order valence-corrected chi connectivity index (χ4v) is 2.03. The Balaban J connectivity index is 2.08. The van der Waals surface area contributed by atoms with Crippen molar-refractivity contribution in [3.8, 4) is 0 Å². The molecule has 1 aromatic heterocycles. The van der Waals surface area contributed by atoms with Gasteiger partial charge in [-0.25, -0.2) is 4.98 Å². The number of primary amides is 1. The summed E-state index contributed by atoms with van der Waals surface area (Å²) in [6.07, 6.45) is 1.75. The first-order valence-electron chi connectivity index (χ1n) is 5.94. The fourth-order valence-electron chi connectivity index (χ4n) is 2.03. The van der Waals surface area contributed by atoms with Gasteiger partial charge in [0.1, 0.15) is 11.9 Å². The van der Waals surface area contributed by atoms with Gasteiger partial charge in [0.15, 0.2) is 0 Å². The Kier molecular flexibility index (Phi) is 4.11. The Morgan fingerprint density at radius 2 is 2.56 bits per heavy atom. The molecule has 1 saturated heterocycles. The van der Waals surface area contributed by atoms with Crippen LogP contribution in [0.3, 0.4) is 0 Å². The summed E-state index contributed by atoms with van der Waals surface area (Å²) in [6.45, 7) is 2.39. The summed E-state index contributed by atoms with van der Waals surface area (Å²) in [6, 6.07) is 3.56. The van der Waals surface area contributed by atoms with Crippen LogP contribution in [0, 0.1) is 0 Å². The van der Waals surface area contributed by atoms with Crippen molar-refractivity contribution in [3.05, 3.63) is 23.9 Å². The Bertz CT molecular complexity index is 424. The van der Waals surface area contributed by atoms with Crippen molar-refractivity contribution >= 4 is 11.7 Å². The third-order valence-corrected chi connectivity index (χ3v) is 3.03. The van der Waals surface area contributed by atoms with Gasteiger partial charge in [0.05, 0.1) is 13.2 Å². The second kappa shape index (κ2) is 5.79. The van der Waals surface area contributed by atoms with Gasteiger partial charge in [-0.1, -0.05) is 0 Å². The van der Waals surface area contributed by atoms with Crippen LogP contribution < -0.4 is 11.1 Å². The van der Waals surface area contributed by atoms with E-state index in [0.717, 1.165) is 11.4 Å². The van der Waals surface area contributed by atoms with Crippen LogP contribution in [0.15, 0.2) is 18.3 Å². The molecule has 1 aliphatic rings. The van der Waals surface area contributed by atoms with Gasteiger partial charge in [0, 0.05) is 26.3 Å². The van der Waals surface area contributed by atoms with Gasteiger partial charge in [-0.3, -0.25) is 9.69 Å². The highest BCUT2D eigenvalue weighted by Gasteiger charge is 2.27. The number of amides is 1. The Hall–Kier alpha value is -1.66. The summed E-state index contributed by atoms with van der Waals surface area (Å²) in [4.78, 5) is 17.6. The Morgan fingerprint density at radius 1 is 1.72 bits per heavy atom. The number of nitrogens with zero attached hydrogens (tertiary/aromatic N) is 2. The van der Waals surface area contributed by atoms with E-state index < -0.39 is 0 Å². The largest absolute Gasteiger partial charge is 0.378 e. The molecule has 6 heteroatoms. The minimum absolute atomic E-state index is 0.336. The topological polar surface area (TPSA) is 80.5 Å². The van der Waals surface area contributed by atoms with Crippen LogP contribution in [0.5, 0.6) is 0 Å². The van der Waals surface area contributed by atoms with Crippen molar-refractivity contribution in [1.29, 1.82) is 0 Å². The highest BCUT2D eigenvalue weighted by atomic mass is 16.5. The molecule has 2 rings (SSSR count). The normalized spacial score (nSPS) is 20.6. The maximum Gasteiger partial charge on any atom is 0.237 e. The highest BCUT2D eigenvalue weighted by molar-refractivity contribution is 5.80. The van der Waals surface area contributed by atoms with E-state index in [-0.39, 0.29) is 11.9 Å². The van der Waals surface area contributed by atoms with Gasteiger partial charge in [-0.2, -0.15) is 0 Å². The maximum absolute atomic E-state index is 11.4. The molecule has 2 heterocycles. The van der Waals surface area contributed by atoms with Crippen molar-refractivity contribution in [3.63, 3.8) is 0 Å². The highest BCUT2D eigenvalue weighted by Crippen LogP contribution is 2.14. The van der Waals surface area contributed by atoms with Gasteiger partial charge in [0.25, 0.3) is 0 Å². The van der Waals surface area contributed by atoms with Gasteiger partial charge in [0.2, 0.25) is 5.91 Å². The molecule has 0 saturated carbocycles. The predicted octanol–water partition coefficient (Wildman–Crippen LogP) is -0.191. The molecule has 98 valence electrons. The lowest BCUT2D eigenvalue weighted by Crippen LogP contribution is -2.51. The quantitative estimate of drug-likeness (QED) is 0.774. The van der Waals surface area contributed by atoms with Gasteiger partial charge < -0.3 is 15.8 Å². The third kappa shape index (κ3) is 2.96. The summed E-state index contributed by atoms with van der Waals surface area (Å²) in [5.41, 5.74) is 6.48. The summed E-state index contributed by atoms with van der Waals surface area (Å²) >= 11 is 0. The predicted molar refractivity (Wildman–Crippen MR) is 68.0 cm³/mol. The molecule has 1 aromatic rings. The molecule has 0 aliphatic carbocycles. The van der Waals surface area contributed by atoms with Crippen molar-refractivity contribution in [1.82, 2.24) is 9.88 Å². The van der Waals surface area contributed by atoms with Crippen molar-refractivity contribution < 1.29 is 9.53 Å². The maximum atomic E-state index is 11.4. The van der Waals surface area contributed by atoms with Crippen LogP contribution in [0.2, 0.25) is 0 Å². The van der Waals surface area contributed by atoms with E-state index in [1.54, 1.807) is 6.20 Å². The molecular formula is C12H18N4O2. The number of rotatable bonds is 4. The average Bonchev–Trinajstić information content (AvgIpc) is 2.39. The van der Waals surface area contributed by atoms with Crippen molar-refractivity contribution in [2.45, 2.75) is 12.6 Å². The molecule has 0 radical (unpaired) electrons. The lowest BCUT2D eigenvalue weighted by Gasteiger charge is -2.33. The monoisotopic (exact) mass is 250 g/mol. The third-order valence-electron chi connectivity index (χ3n) is 3.03. The number of carbonyl (C=O) groups is 1. The summed E-state index contributed by atoms with van der Waals surface area (Å²) in [7, 11) is 1.83. The Morgan fingerprint density at radius 3 is 3.28 bits per heavy atom. The number of aromatic nitrogens is 1. The summed E-state index contributed by atoms with van der Waals surface area (Å²) in [5.74, 6) is 0.481. The molecule has 18 heavy (non-hydrogen) atoms. The number of nitrogens with one attached hydrogen (secondary N) is 1. The van der Waals surface area contributed by atoms with Crippen LogP contribution in [-0.4, -0.2) is 48.6 Å². The molecule has 0 spiro atoms. The van der Waals surface area contributed by atoms with E-state index in [1.165, 1.54) is 0 Å². The number of hydrogen-bond acceptors (Lipinski definition) is 5. The van der Waals surface area contributed by atoms with Gasteiger partial charge in [-0.15, -0.1) is 0 Å². The molecule has 1 amide bonds. The smallest absolute Gasteiger partial charge is 0.237 e. The molecule has 1 fully saturated rings. The number of anilines is 1. The first-order chi connectivity index (χ1) is 8.70. The SMILES string of the molecule is CNc1cc(CN2CCOCC2C(N)=O)ccn1. The average molecular weight is 250 g/mol. The van der Waals surface area contributed by atoms with E-state index in [0.29, 0.717) is 26.3 Å². The summed E-state index contributed by atoms with van der Waals surface area (Å²) in [5, 5.41) is 2.99. The Labute approximate surface area is 106 Å². The number of morpholine rings is 1. The van der Waals surface area contributed by atoms with Crippen LogP contribution in [0.4, 0.5) is 5.82 Å². The second-order valence-corrected chi connectivity index (χ2v) is 4.26. The molecule has 1 aliphatic heterocycles. The van der Waals surface area contributed by atoms with Crippen LogP contribution in [0.1, 0.15) is 5.56 Å². The van der Waals surface area contributed by atoms with Crippen LogP contribution in [0.25, 0.3) is 0 Å². The number of ether oxygens (including phenoxy) is 1. The number of nitrogens with two attached hydrogens (primary N) is 1. The minimum atomic E-state index is -0.343. The van der Waals surface area contributed by atoms with E-state index in [2.05, 4.69) is 10.3 Å². The number of carbonyl (C=O) groups excluding carboxylic acids is 1. The second-order valence-electron chi connectivity index (χ2n) is 4.26. The first kappa shape index (κ1) is 12.8. The zero-order valence-corrected chi connectivity index (χ0v) is 10.4. The molecule has 1 unspecified atom stereocenters. The lowest BCUT2D eigenvalue weighted by atomic mass is 10.1. The first-order valence-corrected chi connectivity index (χ1v) is 5.94. The summed E-state index contributed by atoms with van der Waals surface area (Å²) < 4.78 is 5.29. The number of pyridine rings is 1. The van der Waals surface area contributed by atoms with Gasteiger partial charge in [-0.05, 0) is 17.7 Å². The van der Waals surface area contributed by atoms with Gasteiger partial charge >= 0.3 is 0 Å².